The third-order valence-corrected chi connectivity index (χ3v) is 2.84. The van der Waals surface area contributed by atoms with E-state index in [-0.39, 0.29) is 6.61 Å². The Morgan fingerprint density at radius 3 is 2.82 bits per heavy atom. The maximum absolute atomic E-state index is 8.83. The molecule has 17 heavy (non-hydrogen) atoms. The quantitative estimate of drug-likeness (QED) is 0.831. The summed E-state index contributed by atoms with van der Waals surface area (Å²) in [6.07, 6.45) is 3.60. The number of aromatic amines is 1. The van der Waals surface area contributed by atoms with Gasteiger partial charge in [-0.2, -0.15) is 0 Å². The summed E-state index contributed by atoms with van der Waals surface area (Å²) in [6.45, 7) is 4.42. The van der Waals surface area contributed by atoms with Gasteiger partial charge in [-0.3, -0.25) is 0 Å². The lowest BCUT2D eigenvalue weighted by molar-refractivity contribution is 0.288. The van der Waals surface area contributed by atoms with Gasteiger partial charge in [-0.05, 0) is 37.8 Å². The molecule has 4 heteroatoms. The van der Waals surface area contributed by atoms with Crippen LogP contribution in [0.5, 0.6) is 0 Å². The number of aryl methyl sites for hydroxylation is 3. The Hall–Kier alpha value is -1.42. The lowest BCUT2D eigenvalue weighted by atomic mass is 10.1. The summed E-state index contributed by atoms with van der Waals surface area (Å²) in [4.78, 5) is 12.4. The van der Waals surface area contributed by atoms with Gasteiger partial charge >= 0.3 is 0 Å². The number of hydrogen-bond acceptors (Lipinski definition) is 3. The zero-order chi connectivity index (χ0) is 12.3. The van der Waals surface area contributed by atoms with Crippen LogP contribution in [0.25, 0.3) is 11.2 Å². The third-order valence-electron chi connectivity index (χ3n) is 2.84. The molecule has 0 aliphatic carbocycles. The van der Waals surface area contributed by atoms with E-state index in [0.29, 0.717) is 0 Å². The molecule has 0 unspecified atom stereocenters. The number of pyridine rings is 1. The van der Waals surface area contributed by atoms with E-state index in [1.807, 2.05) is 0 Å². The van der Waals surface area contributed by atoms with Crippen molar-refractivity contribution in [2.24, 2.45) is 0 Å². The van der Waals surface area contributed by atoms with Gasteiger partial charge in [0.1, 0.15) is 5.82 Å². The first-order chi connectivity index (χ1) is 8.24. The fourth-order valence-electron chi connectivity index (χ4n) is 2.00. The highest BCUT2D eigenvalue weighted by molar-refractivity contribution is 5.74. The van der Waals surface area contributed by atoms with Gasteiger partial charge < -0.3 is 10.1 Å². The minimum Gasteiger partial charge on any atom is -0.396 e. The Bertz CT molecular complexity index is 505. The molecule has 0 spiro atoms. The van der Waals surface area contributed by atoms with Crippen LogP contribution in [0.1, 0.15) is 36.8 Å². The van der Waals surface area contributed by atoms with Crippen molar-refractivity contribution in [1.82, 2.24) is 15.0 Å². The summed E-state index contributed by atoms with van der Waals surface area (Å²) in [5.41, 5.74) is 4.04. The van der Waals surface area contributed by atoms with Crippen molar-refractivity contribution in [1.29, 1.82) is 0 Å². The number of imidazole rings is 1. The number of aliphatic hydroxyl groups excluding tert-OH is 1. The molecule has 0 saturated carbocycles. The van der Waals surface area contributed by atoms with Gasteiger partial charge in [0.25, 0.3) is 0 Å². The second-order valence-corrected chi connectivity index (χ2v) is 4.39. The molecule has 2 heterocycles. The van der Waals surface area contributed by atoms with Gasteiger partial charge in [-0.1, -0.05) is 6.92 Å². The van der Waals surface area contributed by atoms with Crippen LogP contribution in [0.2, 0.25) is 0 Å². The molecule has 0 atom stereocenters. The number of rotatable bonds is 5. The predicted molar refractivity (Wildman–Crippen MR) is 68.0 cm³/mol. The van der Waals surface area contributed by atoms with Crippen molar-refractivity contribution >= 4 is 11.2 Å². The molecular formula is C13H19N3O. The van der Waals surface area contributed by atoms with E-state index in [1.165, 1.54) is 5.56 Å². The van der Waals surface area contributed by atoms with Gasteiger partial charge in [0.15, 0.2) is 5.65 Å². The van der Waals surface area contributed by atoms with Crippen LogP contribution >= 0.6 is 0 Å². The van der Waals surface area contributed by atoms with Gasteiger partial charge in [0.05, 0.1) is 5.52 Å². The molecule has 0 bridgehead atoms. The fourth-order valence-corrected chi connectivity index (χ4v) is 2.00. The monoisotopic (exact) mass is 233 g/mol. The van der Waals surface area contributed by atoms with Crippen LogP contribution in [-0.4, -0.2) is 26.7 Å². The topological polar surface area (TPSA) is 61.8 Å². The van der Waals surface area contributed by atoms with E-state index in [2.05, 4.69) is 34.9 Å². The Labute approximate surface area is 101 Å². The first-order valence-electron chi connectivity index (χ1n) is 6.20. The molecule has 0 fully saturated rings. The Morgan fingerprint density at radius 2 is 2.12 bits per heavy atom. The van der Waals surface area contributed by atoms with Crippen LogP contribution in [-0.2, 0) is 12.8 Å². The number of nitrogens with one attached hydrogen (secondary N) is 1. The summed E-state index contributed by atoms with van der Waals surface area (Å²) in [6, 6.07) is 2.08. The largest absolute Gasteiger partial charge is 0.396 e. The number of H-pyrrole nitrogens is 1. The first kappa shape index (κ1) is 12.0. The fraction of sp³-hybridized carbons (Fsp3) is 0.538. The molecule has 0 aromatic carbocycles. The van der Waals surface area contributed by atoms with Crippen LogP contribution in [0, 0.1) is 6.92 Å². The average molecular weight is 233 g/mol. The lowest BCUT2D eigenvalue weighted by Crippen LogP contribution is -1.95. The Morgan fingerprint density at radius 1 is 1.29 bits per heavy atom. The molecule has 2 N–H and O–H groups in total. The summed E-state index contributed by atoms with van der Waals surface area (Å²) >= 11 is 0. The smallest absolute Gasteiger partial charge is 0.178 e. The van der Waals surface area contributed by atoms with Gasteiger partial charge in [-0.25, -0.2) is 9.97 Å². The molecule has 0 saturated heterocycles. The molecule has 0 aliphatic rings. The molecule has 0 radical (unpaired) electrons. The van der Waals surface area contributed by atoms with E-state index in [9.17, 15) is 0 Å². The lowest BCUT2D eigenvalue weighted by Gasteiger charge is -2.01. The van der Waals surface area contributed by atoms with Crippen molar-refractivity contribution < 1.29 is 5.11 Å². The van der Waals surface area contributed by atoms with Gasteiger partial charge in [0, 0.05) is 18.7 Å². The van der Waals surface area contributed by atoms with E-state index in [4.69, 9.17) is 5.11 Å². The number of aromatic nitrogens is 3. The van der Waals surface area contributed by atoms with Gasteiger partial charge in [0.2, 0.25) is 0 Å². The van der Waals surface area contributed by atoms with E-state index >= 15 is 0 Å². The molecule has 0 amide bonds. The Balaban J connectivity index is 2.35. The minimum absolute atomic E-state index is 0.209. The van der Waals surface area contributed by atoms with Crippen molar-refractivity contribution in [2.45, 2.75) is 39.5 Å². The highest BCUT2D eigenvalue weighted by Gasteiger charge is 2.08. The second-order valence-electron chi connectivity index (χ2n) is 4.39. The normalized spacial score (nSPS) is 11.2. The standard InChI is InChI=1S/C13H19N3O/c1-3-5-11-15-12-9(2)8-10(6-4-7-17)14-13(12)16-11/h8,17H,3-7H2,1-2H3,(H,14,15,16). The zero-order valence-corrected chi connectivity index (χ0v) is 10.5. The molecule has 2 rings (SSSR count). The molecule has 0 aliphatic heterocycles. The highest BCUT2D eigenvalue weighted by Crippen LogP contribution is 2.17. The first-order valence-corrected chi connectivity index (χ1v) is 6.20. The maximum Gasteiger partial charge on any atom is 0.178 e. The van der Waals surface area contributed by atoms with Crippen LogP contribution in [0.15, 0.2) is 6.07 Å². The highest BCUT2D eigenvalue weighted by atomic mass is 16.2. The predicted octanol–water partition coefficient (Wildman–Crippen LogP) is 2.14. The van der Waals surface area contributed by atoms with Crippen molar-refractivity contribution in [3.63, 3.8) is 0 Å². The van der Waals surface area contributed by atoms with Crippen molar-refractivity contribution in [3.05, 3.63) is 23.1 Å². The van der Waals surface area contributed by atoms with E-state index in [0.717, 1.165) is 48.4 Å². The van der Waals surface area contributed by atoms with Gasteiger partial charge in [-0.15, -0.1) is 0 Å². The molecule has 2 aromatic heterocycles. The number of aliphatic hydroxyl groups is 1. The molecular weight excluding hydrogens is 214 g/mol. The zero-order valence-electron chi connectivity index (χ0n) is 10.5. The molecule has 2 aromatic rings. The van der Waals surface area contributed by atoms with Crippen LogP contribution in [0.4, 0.5) is 0 Å². The Kier molecular flexibility index (Phi) is 3.74. The summed E-state index contributed by atoms with van der Waals surface area (Å²) in [7, 11) is 0. The average Bonchev–Trinajstić information content (AvgIpc) is 2.70. The van der Waals surface area contributed by atoms with E-state index in [1.54, 1.807) is 0 Å². The molecule has 92 valence electrons. The number of hydrogen-bond donors (Lipinski definition) is 2. The van der Waals surface area contributed by atoms with Crippen LogP contribution < -0.4 is 0 Å². The maximum atomic E-state index is 8.83. The SMILES string of the molecule is CCCc1nc2nc(CCCO)cc(C)c2[nH]1. The van der Waals surface area contributed by atoms with E-state index < -0.39 is 0 Å². The summed E-state index contributed by atoms with van der Waals surface area (Å²) in [5.74, 6) is 1.01. The van der Waals surface area contributed by atoms with Crippen molar-refractivity contribution in [2.75, 3.05) is 6.61 Å². The summed E-state index contributed by atoms with van der Waals surface area (Å²) < 4.78 is 0. The second kappa shape index (κ2) is 5.27. The van der Waals surface area contributed by atoms with Crippen molar-refractivity contribution in [3.8, 4) is 0 Å². The van der Waals surface area contributed by atoms with Crippen LogP contribution in [0.3, 0.4) is 0 Å². The molecule has 4 nitrogen and oxygen atoms in total. The minimum atomic E-state index is 0.209. The third kappa shape index (κ3) is 2.64. The number of fused-ring (bicyclic) bond motifs is 1. The number of nitrogens with zero attached hydrogens (tertiary/aromatic N) is 2. The summed E-state index contributed by atoms with van der Waals surface area (Å²) in [5, 5.41) is 8.83.